The van der Waals surface area contributed by atoms with Crippen LogP contribution >= 0.6 is 11.6 Å². The van der Waals surface area contributed by atoms with Crippen molar-refractivity contribution in [3.05, 3.63) is 64.7 Å². The number of ketones is 1. The highest BCUT2D eigenvalue weighted by Gasteiger charge is 2.04. The largest absolute Gasteiger partial charge is 0.325 e. The Labute approximate surface area is 140 Å². The molecule has 0 radical (unpaired) electrons. The van der Waals surface area contributed by atoms with Gasteiger partial charge in [-0.15, -0.1) is 0 Å². The number of benzene rings is 2. The number of carbonyl (C=O) groups excluding carboxylic acids is 2. The van der Waals surface area contributed by atoms with Crippen LogP contribution in [0.1, 0.15) is 22.8 Å². The van der Waals surface area contributed by atoms with E-state index in [0.717, 1.165) is 12.0 Å². The quantitative estimate of drug-likeness (QED) is 0.605. The molecule has 1 amide bonds. The fraction of sp³-hybridized carbons (Fsp3) is 0.222. The van der Waals surface area contributed by atoms with Crippen LogP contribution in [0.2, 0.25) is 5.02 Å². The minimum Gasteiger partial charge on any atom is -0.325 e. The van der Waals surface area contributed by atoms with Crippen LogP contribution in [0.3, 0.4) is 0 Å². The van der Waals surface area contributed by atoms with E-state index in [-0.39, 0.29) is 18.2 Å². The highest BCUT2D eigenvalue weighted by Crippen LogP contribution is 2.11. The Morgan fingerprint density at radius 1 is 1.09 bits per heavy atom. The molecule has 2 N–H and O–H groups in total. The zero-order valence-corrected chi connectivity index (χ0v) is 13.7. The van der Waals surface area contributed by atoms with Crippen LogP contribution in [0.25, 0.3) is 0 Å². The van der Waals surface area contributed by atoms with Crippen molar-refractivity contribution < 1.29 is 9.59 Å². The fourth-order valence-electron chi connectivity index (χ4n) is 2.11. The van der Waals surface area contributed by atoms with Crippen molar-refractivity contribution in [2.75, 3.05) is 18.4 Å². The summed E-state index contributed by atoms with van der Waals surface area (Å²) in [4.78, 5) is 23.2. The summed E-state index contributed by atoms with van der Waals surface area (Å²) in [6.45, 7) is 2.42. The SMILES string of the molecule is CC(=O)c1cccc(NC(=O)CNCCc2ccc(Cl)cc2)c1. The molecule has 5 heteroatoms. The molecule has 0 aliphatic rings. The smallest absolute Gasteiger partial charge is 0.238 e. The molecule has 0 saturated heterocycles. The summed E-state index contributed by atoms with van der Waals surface area (Å²) in [5.41, 5.74) is 2.37. The predicted molar refractivity (Wildman–Crippen MR) is 93.1 cm³/mol. The van der Waals surface area contributed by atoms with Gasteiger partial charge >= 0.3 is 0 Å². The molecular formula is C18H19ClN2O2. The second-order valence-electron chi connectivity index (χ2n) is 5.24. The van der Waals surface area contributed by atoms with Gasteiger partial charge in [-0.3, -0.25) is 9.59 Å². The van der Waals surface area contributed by atoms with E-state index in [1.807, 2.05) is 24.3 Å². The van der Waals surface area contributed by atoms with E-state index in [4.69, 9.17) is 11.6 Å². The summed E-state index contributed by atoms with van der Waals surface area (Å²) >= 11 is 5.83. The second kappa shape index (κ2) is 8.46. The number of Topliss-reactive ketones (excluding diaryl/α,β-unsaturated/α-hetero) is 1. The Bertz CT molecular complexity index is 684. The summed E-state index contributed by atoms with van der Waals surface area (Å²) < 4.78 is 0. The van der Waals surface area contributed by atoms with Crippen molar-refractivity contribution in [3.8, 4) is 0 Å². The lowest BCUT2D eigenvalue weighted by Gasteiger charge is -2.08. The number of hydrogen-bond donors (Lipinski definition) is 2. The topological polar surface area (TPSA) is 58.2 Å². The zero-order chi connectivity index (χ0) is 16.7. The molecule has 2 aromatic rings. The number of nitrogens with one attached hydrogen (secondary N) is 2. The first-order chi connectivity index (χ1) is 11.0. The van der Waals surface area contributed by atoms with Crippen molar-refractivity contribution in [3.63, 3.8) is 0 Å². The molecule has 0 heterocycles. The Balaban J connectivity index is 1.74. The Kier molecular flexibility index (Phi) is 6.32. The minimum absolute atomic E-state index is 0.0258. The van der Waals surface area contributed by atoms with Gasteiger partial charge in [0.15, 0.2) is 5.78 Å². The van der Waals surface area contributed by atoms with E-state index < -0.39 is 0 Å². The Hall–Kier alpha value is -2.17. The molecule has 120 valence electrons. The van der Waals surface area contributed by atoms with Gasteiger partial charge in [-0.05, 0) is 49.7 Å². The number of hydrogen-bond acceptors (Lipinski definition) is 3. The van der Waals surface area contributed by atoms with Crippen LogP contribution in [0.4, 0.5) is 5.69 Å². The number of rotatable bonds is 7. The second-order valence-corrected chi connectivity index (χ2v) is 5.67. The third-order valence-corrected chi connectivity index (χ3v) is 3.59. The van der Waals surface area contributed by atoms with Gasteiger partial charge in [0.2, 0.25) is 5.91 Å². The van der Waals surface area contributed by atoms with E-state index in [1.54, 1.807) is 24.3 Å². The third kappa shape index (κ3) is 5.85. The highest BCUT2D eigenvalue weighted by atomic mass is 35.5. The van der Waals surface area contributed by atoms with Crippen molar-refractivity contribution in [1.82, 2.24) is 5.32 Å². The minimum atomic E-state index is -0.137. The van der Waals surface area contributed by atoms with Gasteiger partial charge in [0, 0.05) is 16.3 Å². The highest BCUT2D eigenvalue weighted by molar-refractivity contribution is 6.30. The van der Waals surface area contributed by atoms with Gasteiger partial charge in [0.25, 0.3) is 0 Å². The molecule has 0 fully saturated rings. The molecular weight excluding hydrogens is 312 g/mol. The molecule has 4 nitrogen and oxygen atoms in total. The maximum absolute atomic E-state index is 11.9. The Morgan fingerprint density at radius 3 is 2.52 bits per heavy atom. The van der Waals surface area contributed by atoms with E-state index in [2.05, 4.69) is 10.6 Å². The van der Waals surface area contributed by atoms with Crippen molar-refractivity contribution >= 4 is 29.0 Å². The van der Waals surface area contributed by atoms with Crippen LogP contribution in [-0.2, 0) is 11.2 Å². The summed E-state index contributed by atoms with van der Waals surface area (Å²) in [6.07, 6.45) is 0.824. The molecule has 0 bridgehead atoms. The van der Waals surface area contributed by atoms with Crippen molar-refractivity contribution in [1.29, 1.82) is 0 Å². The average Bonchev–Trinajstić information content (AvgIpc) is 2.53. The van der Waals surface area contributed by atoms with E-state index in [0.29, 0.717) is 22.8 Å². The van der Waals surface area contributed by atoms with Crippen molar-refractivity contribution in [2.45, 2.75) is 13.3 Å². The Morgan fingerprint density at radius 2 is 1.83 bits per heavy atom. The molecule has 0 unspecified atom stereocenters. The van der Waals surface area contributed by atoms with E-state index in [1.165, 1.54) is 6.92 Å². The standard InChI is InChI=1S/C18H19ClN2O2/c1-13(22)15-3-2-4-17(11-15)21-18(23)12-20-10-9-14-5-7-16(19)8-6-14/h2-8,11,20H,9-10,12H2,1H3,(H,21,23). The molecule has 0 aromatic heterocycles. The molecule has 0 atom stereocenters. The molecule has 23 heavy (non-hydrogen) atoms. The van der Waals surface area contributed by atoms with Crippen LogP contribution in [0.15, 0.2) is 48.5 Å². The summed E-state index contributed by atoms with van der Waals surface area (Å²) in [5, 5.41) is 6.58. The van der Waals surface area contributed by atoms with Gasteiger partial charge in [-0.25, -0.2) is 0 Å². The molecule has 0 aliphatic heterocycles. The summed E-state index contributed by atoms with van der Waals surface area (Å²) in [5.74, 6) is -0.163. The first kappa shape index (κ1) is 17.2. The number of halogens is 1. The lowest BCUT2D eigenvalue weighted by Crippen LogP contribution is -2.29. The van der Waals surface area contributed by atoms with Gasteiger partial charge in [-0.1, -0.05) is 35.9 Å². The normalized spacial score (nSPS) is 10.3. The third-order valence-electron chi connectivity index (χ3n) is 3.34. The van der Waals surface area contributed by atoms with Crippen LogP contribution in [0, 0.1) is 0 Å². The molecule has 2 rings (SSSR count). The van der Waals surface area contributed by atoms with E-state index in [9.17, 15) is 9.59 Å². The van der Waals surface area contributed by atoms with Crippen LogP contribution in [-0.4, -0.2) is 24.8 Å². The van der Waals surface area contributed by atoms with Crippen molar-refractivity contribution in [2.24, 2.45) is 0 Å². The average molecular weight is 331 g/mol. The monoisotopic (exact) mass is 330 g/mol. The number of anilines is 1. The number of amides is 1. The molecule has 0 aliphatic carbocycles. The maximum Gasteiger partial charge on any atom is 0.238 e. The van der Waals surface area contributed by atoms with Gasteiger partial charge in [0.1, 0.15) is 0 Å². The van der Waals surface area contributed by atoms with Gasteiger partial charge in [-0.2, -0.15) is 0 Å². The lowest BCUT2D eigenvalue weighted by atomic mass is 10.1. The van der Waals surface area contributed by atoms with E-state index >= 15 is 0 Å². The zero-order valence-electron chi connectivity index (χ0n) is 12.9. The van der Waals surface area contributed by atoms with Crippen LogP contribution < -0.4 is 10.6 Å². The molecule has 0 saturated carbocycles. The lowest BCUT2D eigenvalue weighted by molar-refractivity contribution is -0.115. The fourth-order valence-corrected chi connectivity index (χ4v) is 2.23. The van der Waals surface area contributed by atoms with Gasteiger partial charge < -0.3 is 10.6 Å². The van der Waals surface area contributed by atoms with Gasteiger partial charge in [0.05, 0.1) is 6.54 Å². The number of carbonyl (C=O) groups is 2. The first-order valence-corrected chi connectivity index (χ1v) is 7.78. The molecule has 2 aromatic carbocycles. The predicted octanol–water partition coefficient (Wildman–Crippen LogP) is 3.31. The molecule has 0 spiro atoms. The van der Waals surface area contributed by atoms with Crippen LogP contribution in [0.5, 0.6) is 0 Å². The first-order valence-electron chi connectivity index (χ1n) is 7.40. The summed E-state index contributed by atoms with van der Waals surface area (Å²) in [7, 11) is 0. The maximum atomic E-state index is 11.9. The summed E-state index contributed by atoms with van der Waals surface area (Å²) in [6, 6.07) is 14.6.